The van der Waals surface area contributed by atoms with Crippen LogP contribution in [0.4, 0.5) is 0 Å². The molecule has 96 valence electrons. The SMILES string of the molecule is COC(=O)C(NC1CC1)C1CC(C)=CC(C)C1. The number of hydrogen-bond acceptors (Lipinski definition) is 3. The van der Waals surface area contributed by atoms with Crippen molar-refractivity contribution in [2.45, 2.75) is 51.6 Å². The molecule has 0 heterocycles. The Morgan fingerprint density at radius 3 is 2.76 bits per heavy atom. The van der Waals surface area contributed by atoms with E-state index in [1.807, 2.05) is 0 Å². The van der Waals surface area contributed by atoms with Crippen LogP contribution < -0.4 is 5.32 Å². The van der Waals surface area contributed by atoms with Gasteiger partial charge in [0.1, 0.15) is 6.04 Å². The Morgan fingerprint density at radius 2 is 2.24 bits per heavy atom. The summed E-state index contributed by atoms with van der Waals surface area (Å²) in [5.41, 5.74) is 1.40. The largest absolute Gasteiger partial charge is 0.468 e. The van der Waals surface area contributed by atoms with E-state index < -0.39 is 0 Å². The van der Waals surface area contributed by atoms with Crippen molar-refractivity contribution in [3.63, 3.8) is 0 Å². The summed E-state index contributed by atoms with van der Waals surface area (Å²) in [4.78, 5) is 11.9. The van der Waals surface area contributed by atoms with Crippen LogP contribution in [-0.2, 0) is 9.53 Å². The quantitative estimate of drug-likeness (QED) is 0.602. The molecule has 17 heavy (non-hydrogen) atoms. The average molecular weight is 237 g/mol. The first-order valence-electron chi connectivity index (χ1n) is 6.61. The lowest BCUT2D eigenvalue weighted by Gasteiger charge is -2.31. The molecule has 1 N–H and O–H groups in total. The number of carbonyl (C=O) groups is 1. The fourth-order valence-electron chi connectivity index (χ4n) is 2.88. The first-order valence-corrected chi connectivity index (χ1v) is 6.61. The molecule has 2 aliphatic rings. The average Bonchev–Trinajstić information content (AvgIpc) is 3.07. The second-order valence-electron chi connectivity index (χ2n) is 5.63. The van der Waals surface area contributed by atoms with Crippen LogP contribution in [0.15, 0.2) is 11.6 Å². The van der Waals surface area contributed by atoms with E-state index in [0.717, 1.165) is 12.8 Å². The number of carbonyl (C=O) groups excluding carboxylic acids is 1. The monoisotopic (exact) mass is 237 g/mol. The standard InChI is InChI=1S/C14H23NO2/c1-9-6-10(2)8-11(7-9)13(14(16)17-3)15-12-4-5-12/h6,9,11-13,15H,4-5,7-8H2,1-3H3. The molecule has 0 bridgehead atoms. The first kappa shape index (κ1) is 12.6. The molecule has 0 spiro atoms. The number of hydrogen-bond donors (Lipinski definition) is 1. The molecule has 0 saturated heterocycles. The highest BCUT2D eigenvalue weighted by molar-refractivity contribution is 5.76. The highest BCUT2D eigenvalue weighted by Gasteiger charge is 2.36. The zero-order valence-electron chi connectivity index (χ0n) is 11.0. The Balaban J connectivity index is 2.03. The molecule has 0 aromatic heterocycles. The van der Waals surface area contributed by atoms with Gasteiger partial charge in [0.2, 0.25) is 0 Å². The van der Waals surface area contributed by atoms with E-state index in [-0.39, 0.29) is 12.0 Å². The number of nitrogens with one attached hydrogen (secondary N) is 1. The third-order valence-corrected chi connectivity index (χ3v) is 3.75. The molecule has 3 atom stereocenters. The van der Waals surface area contributed by atoms with Gasteiger partial charge < -0.3 is 10.1 Å². The van der Waals surface area contributed by atoms with Crippen molar-refractivity contribution in [2.75, 3.05) is 7.11 Å². The Bertz CT molecular complexity index is 320. The van der Waals surface area contributed by atoms with E-state index in [4.69, 9.17) is 4.74 Å². The number of esters is 1. The van der Waals surface area contributed by atoms with E-state index in [2.05, 4.69) is 25.2 Å². The maximum absolute atomic E-state index is 11.9. The van der Waals surface area contributed by atoms with Gasteiger partial charge in [0.05, 0.1) is 7.11 Å². The van der Waals surface area contributed by atoms with Crippen LogP contribution >= 0.6 is 0 Å². The summed E-state index contributed by atoms with van der Waals surface area (Å²) in [6, 6.07) is 0.430. The lowest BCUT2D eigenvalue weighted by atomic mass is 9.79. The molecule has 3 unspecified atom stereocenters. The molecule has 2 rings (SSSR count). The summed E-state index contributed by atoms with van der Waals surface area (Å²) >= 11 is 0. The van der Waals surface area contributed by atoms with Crippen molar-refractivity contribution >= 4 is 5.97 Å². The number of allylic oxidation sites excluding steroid dienone is 2. The van der Waals surface area contributed by atoms with Crippen LogP contribution in [0.2, 0.25) is 0 Å². The van der Waals surface area contributed by atoms with Crippen molar-refractivity contribution in [1.29, 1.82) is 0 Å². The lowest BCUT2D eigenvalue weighted by molar-refractivity contribution is -0.145. The second kappa shape index (κ2) is 5.21. The lowest BCUT2D eigenvalue weighted by Crippen LogP contribution is -2.45. The normalized spacial score (nSPS) is 30.6. The van der Waals surface area contributed by atoms with Gasteiger partial charge in [0.25, 0.3) is 0 Å². The van der Waals surface area contributed by atoms with E-state index in [1.165, 1.54) is 25.5 Å². The predicted molar refractivity (Wildman–Crippen MR) is 67.6 cm³/mol. The Hall–Kier alpha value is -0.830. The summed E-state index contributed by atoms with van der Waals surface area (Å²) in [5.74, 6) is 0.869. The Kier molecular flexibility index (Phi) is 3.87. The van der Waals surface area contributed by atoms with Crippen LogP contribution in [0.25, 0.3) is 0 Å². The van der Waals surface area contributed by atoms with Gasteiger partial charge in [-0.25, -0.2) is 0 Å². The molecule has 0 amide bonds. The third-order valence-electron chi connectivity index (χ3n) is 3.75. The van der Waals surface area contributed by atoms with Gasteiger partial charge in [0.15, 0.2) is 0 Å². The van der Waals surface area contributed by atoms with E-state index >= 15 is 0 Å². The number of rotatable bonds is 4. The maximum Gasteiger partial charge on any atom is 0.323 e. The molecule has 0 aromatic rings. The number of ether oxygens (including phenoxy) is 1. The van der Waals surface area contributed by atoms with Gasteiger partial charge in [-0.1, -0.05) is 18.6 Å². The summed E-state index contributed by atoms with van der Waals surface area (Å²) in [6.07, 6.45) is 6.82. The minimum absolute atomic E-state index is 0.0937. The van der Waals surface area contributed by atoms with Crippen molar-refractivity contribution < 1.29 is 9.53 Å². The Morgan fingerprint density at radius 1 is 1.53 bits per heavy atom. The van der Waals surface area contributed by atoms with Gasteiger partial charge in [-0.3, -0.25) is 4.79 Å². The molecule has 1 saturated carbocycles. The molecule has 1 fully saturated rings. The van der Waals surface area contributed by atoms with Gasteiger partial charge in [-0.05, 0) is 44.4 Å². The van der Waals surface area contributed by atoms with Crippen molar-refractivity contribution in [3.05, 3.63) is 11.6 Å². The van der Waals surface area contributed by atoms with Gasteiger partial charge in [-0.2, -0.15) is 0 Å². The summed E-state index contributed by atoms with van der Waals surface area (Å²) in [7, 11) is 1.48. The van der Waals surface area contributed by atoms with E-state index in [9.17, 15) is 4.79 Å². The number of methoxy groups -OCH3 is 1. The molecule has 0 aliphatic heterocycles. The van der Waals surface area contributed by atoms with Crippen molar-refractivity contribution in [3.8, 4) is 0 Å². The zero-order valence-corrected chi connectivity index (χ0v) is 11.0. The topological polar surface area (TPSA) is 38.3 Å². The summed E-state index contributed by atoms with van der Waals surface area (Å²) < 4.78 is 4.94. The van der Waals surface area contributed by atoms with Gasteiger partial charge in [0, 0.05) is 6.04 Å². The van der Waals surface area contributed by atoms with Crippen LogP contribution in [-0.4, -0.2) is 25.2 Å². The molecular formula is C14H23NO2. The van der Waals surface area contributed by atoms with Crippen molar-refractivity contribution in [2.24, 2.45) is 11.8 Å². The third kappa shape index (κ3) is 3.32. The van der Waals surface area contributed by atoms with Crippen LogP contribution in [0.1, 0.15) is 39.5 Å². The van der Waals surface area contributed by atoms with Crippen LogP contribution in [0, 0.1) is 11.8 Å². The second-order valence-corrected chi connectivity index (χ2v) is 5.63. The molecule has 0 radical (unpaired) electrons. The molecule has 0 aromatic carbocycles. The Labute approximate surface area is 104 Å². The van der Waals surface area contributed by atoms with Crippen LogP contribution in [0.5, 0.6) is 0 Å². The van der Waals surface area contributed by atoms with Crippen LogP contribution in [0.3, 0.4) is 0 Å². The molecule has 3 heteroatoms. The first-order chi connectivity index (χ1) is 8.10. The van der Waals surface area contributed by atoms with Gasteiger partial charge in [-0.15, -0.1) is 0 Å². The smallest absolute Gasteiger partial charge is 0.323 e. The summed E-state index contributed by atoms with van der Waals surface area (Å²) in [6.45, 7) is 4.38. The van der Waals surface area contributed by atoms with Crippen molar-refractivity contribution in [1.82, 2.24) is 5.32 Å². The van der Waals surface area contributed by atoms with E-state index in [0.29, 0.717) is 17.9 Å². The fourth-order valence-corrected chi connectivity index (χ4v) is 2.88. The molecular weight excluding hydrogens is 214 g/mol. The zero-order chi connectivity index (χ0) is 12.4. The van der Waals surface area contributed by atoms with Gasteiger partial charge >= 0.3 is 5.97 Å². The van der Waals surface area contributed by atoms with E-state index in [1.54, 1.807) is 0 Å². The predicted octanol–water partition coefficient (Wildman–Crippen LogP) is 2.27. The fraction of sp³-hybridized carbons (Fsp3) is 0.786. The minimum Gasteiger partial charge on any atom is -0.468 e. The minimum atomic E-state index is -0.112. The molecule has 3 nitrogen and oxygen atoms in total. The summed E-state index contributed by atoms with van der Waals surface area (Å²) in [5, 5.41) is 3.45. The highest BCUT2D eigenvalue weighted by atomic mass is 16.5. The molecule has 2 aliphatic carbocycles. The highest BCUT2D eigenvalue weighted by Crippen LogP contribution is 2.32. The maximum atomic E-state index is 11.9.